The van der Waals surface area contributed by atoms with Crippen molar-refractivity contribution in [3.63, 3.8) is 0 Å². The van der Waals surface area contributed by atoms with Crippen molar-refractivity contribution in [1.82, 2.24) is 4.98 Å². The Morgan fingerprint density at radius 3 is 3.00 bits per heavy atom. The number of nitrogens with two attached hydrogens (primary N) is 1. The molecular formula is C11H14ClFN2O. The van der Waals surface area contributed by atoms with E-state index in [-0.39, 0.29) is 23.0 Å². The van der Waals surface area contributed by atoms with Crippen LogP contribution in [0.5, 0.6) is 5.88 Å². The van der Waals surface area contributed by atoms with E-state index in [0.717, 1.165) is 25.7 Å². The predicted molar refractivity (Wildman–Crippen MR) is 60.1 cm³/mol. The van der Waals surface area contributed by atoms with Crippen molar-refractivity contribution in [3.05, 3.63) is 23.1 Å². The molecule has 0 amide bonds. The molecule has 5 heteroatoms. The largest absolute Gasteiger partial charge is 0.472 e. The lowest BCUT2D eigenvalue weighted by Crippen LogP contribution is -2.34. The van der Waals surface area contributed by atoms with Gasteiger partial charge in [-0.15, -0.1) is 0 Å². The van der Waals surface area contributed by atoms with Crippen LogP contribution < -0.4 is 10.5 Å². The highest BCUT2D eigenvalue weighted by atomic mass is 35.5. The van der Waals surface area contributed by atoms with Gasteiger partial charge in [0.2, 0.25) is 0 Å². The molecule has 88 valence electrons. The maximum Gasteiger partial charge on any atom is 0.250 e. The Morgan fingerprint density at radius 1 is 1.50 bits per heavy atom. The molecule has 1 aromatic heterocycles. The standard InChI is InChI=1S/C11H14ClFN2O/c12-7-4-10(13)11(15-6-7)16-9-3-1-2-8(14)5-9/h4,6,8-9H,1-3,5,14H2. The Balaban J connectivity index is 2.02. The molecule has 0 aliphatic heterocycles. The van der Waals surface area contributed by atoms with Crippen molar-refractivity contribution in [1.29, 1.82) is 0 Å². The van der Waals surface area contributed by atoms with E-state index in [1.54, 1.807) is 0 Å². The van der Waals surface area contributed by atoms with Gasteiger partial charge in [-0.3, -0.25) is 0 Å². The molecule has 1 heterocycles. The minimum Gasteiger partial charge on any atom is -0.472 e. The van der Waals surface area contributed by atoms with Gasteiger partial charge in [0.05, 0.1) is 5.02 Å². The molecule has 1 aliphatic carbocycles. The smallest absolute Gasteiger partial charge is 0.250 e. The van der Waals surface area contributed by atoms with E-state index >= 15 is 0 Å². The van der Waals surface area contributed by atoms with Gasteiger partial charge >= 0.3 is 0 Å². The Labute approximate surface area is 98.8 Å². The van der Waals surface area contributed by atoms with E-state index < -0.39 is 5.82 Å². The summed E-state index contributed by atoms with van der Waals surface area (Å²) < 4.78 is 18.9. The number of rotatable bonds is 2. The quantitative estimate of drug-likeness (QED) is 0.870. The predicted octanol–water partition coefficient (Wildman–Crippen LogP) is 2.52. The third kappa shape index (κ3) is 2.83. The number of aromatic nitrogens is 1. The summed E-state index contributed by atoms with van der Waals surface area (Å²) >= 11 is 5.60. The summed E-state index contributed by atoms with van der Waals surface area (Å²) in [5.41, 5.74) is 5.83. The SMILES string of the molecule is NC1CCCC(Oc2ncc(Cl)cc2F)C1. The van der Waals surface area contributed by atoms with Gasteiger partial charge in [-0.1, -0.05) is 11.6 Å². The van der Waals surface area contributed by atoms with Crippen molar-refractivity contribution >= 4 is 11.6 Å². The van der Waals surface area contributed by atoms with Gasteiger partial charge in [-0.2, -0.15) is 0 Å². The number of ether oxygens (including phenoxy) is 1. The van der Waals surface area contributed by atoms with Crippen LogP contribution in [0.3, 0.4) is 0 Å². The van der Waals surface area contributed by atoms with Crippen LogP contribution in [0.25, 0.3) is 0 Å². The van der Waals surface area contributed by atoms with E-state index in [2.05, 4.69) is 4.98 Å². The number of pyridine rings is 1. The molecule has 0 aromatic carbocycles. The first kappa shape index (κ1) is 11.6. The molecular weight excluding hydrogens is 231 g/mol. The molecule has 2 unspecified atom stereocenters. The normalized spacial score (nSPS) is 25.4. The van der Waals surface area contributed by atoms with Crippen LogP contribution in [0.1, 0.15) is 25.7 Å². The highest BCUT2D eigenvalue weighted by molar-refractivity contribution is 6.30. The summed E-state index contributed by atoms with van der Waals surface area (Å²) in [7, 11) is 0. The van der Waals surface area contributed by atoms with Crippen molar-refractivity contribution in [2.24, 2.45) is 5.73 Å². The maximum absolute atomic E-state index is 13.4. The van der Waals surface area contributed by atoms with Crippen LogP contribution in [0.15, 0.2) is 12.3 Å². The van der Waals surface area contributed by atoms with Crippen LogP contribution in [-0.4, -0.2) is 17.1 Å². The second-order valence-electron chi connectivity index (χ2n) is 4.11. The zero-order chi connectivity index (χ0) is 11.5. The van der Waals surface area contributed by atoms with Crippen LogP contribution >= 0.6 is 11.6 Å². The second-order valence-corrected chi connectivity index (χ2v) is 4.54. The van der Waals surface area contributed by atoms with E-state index in [1.165, 1.54) is 12.3 Å². The molecule has 2 atom stereocenters. The Hall–Kier alpha value is -0.870. The van der Waals surface area contributed by atoms with Crippen molar-refractivity contribution in [2.45, 2.75) is 37.8 Å². The molecule has 1 aliphatic rings. The summed E-state index contributed by atoms with van der Waals surface area (Å²) in [6.07, 6.45) is 5.02. The van der Waals surface area contributed by atoms with Gasteiger partial charge < -0.3 is 10.5 Å². The molecule has 1 fully saturated rings. The fourth-order valence-electron chi connectivity index (χ4n) is 1.93. The molecule has 1 aromatic rings. The zero-order valence-electron chi connectivity index (χ0n) is 8.83. The lowest BCUT2D eigenvalue weighted by molar-refractivity contribution is 0.132. The Bertz CT molecular complexity index is 375. The van der Waals surface area contributed by atoms with E-state index in [9.17, 15) is 4.39 Å². The molecule has 3 nitrogen and oxygen atoms in total. The summed E-state index contributed by atoms with van der Waals surface area (Å²) in [4.78, 5) is 3.83. The molecule has 16 heavy (non-hydrogen) atoms. The Morgan fingerprint density at radius 2 is 2.31 bits per heavy atom. The van der Waals surface area contributed by atoms with E-state index in [0.29, 0.717) is 0 Å². The number of halogens is 2. The summed E-state index contributed by atoms with van der Waals surface area (Å²) in [6.45, 7) is 0. The molecule has 0 saturated heterocycles. The fourth-order valence-corrected chi connectivity index (χ4v) is 2.08. The second kappa shape index (κ2) is 4.97. The van der Waals surface area contributed by atoms with Crippen molar-refractivity contribution < 1.29 is 9.13 Å². The monoisotopic (exact) mass is 244 g/mol. The molecule has 0 bridgehead atoms. The van der Waals surface area contributed by atoms with Crippen LogP contribution in [0, 0.1) is 5.82 Å². The molecule has 0 radical (unpaired) electrons. The zero-order valence-corrected chi connectivity index (χ0v) is 9.58. The number of nitrogens with zero attached hydrogens (tertiary/aromatic N) is 1. The maximum atomic E-state index is 13.4. The first-order valence-corrected chi connectivity index (χ1v) is 5.76. The average Bonchev–Trinajstić information content (AvgIpc) is 2.22. The highest BCUT2D eigenvalue weighted by Crippen LogP contribution is 2.24. The third-order valence-corrected chi connectivity index (χ3v) is 2.93. The average molecular weight is 245 g/mol. The van der Waals surface area contributed by atoms with E-state index in [4.69, 9.17) is 22.1 Å². The van der Waals surface area contributed by atoms with Gasteiger partial charge in [0.1, 0.15) is 6.10 Å². The van der Waals surface area contributed by atoms with Crippen molar-refractivity contribution in [3.8, 4) is 5.88 Å². The van der Waals surface area contributed by atoms with Gasteiger partial charge in [-0.05, 0) is 31.7 Å². The van der Waals surface area contributed by atoms with Crippen LogP contribution in [0.2, 0.25) is 5.02 Å². The first-order chi connectivity index (χ1) is 7.65. The lowest BCUT2D eigenvalue weighted by atomic mass is 9.94. The van der Waals surface area contributed by atoms with Crippen LogP contribution in [-0.2, 0) is 0 Å². The summed E-state index contributed by atoms with van der Waals surface area (Å²) in [6, 6.07) is 1.35. The molecule has 0 spiro atoms. The minimum absolute atomic E-state index is 0.0171. The topological polar surface area (TPSA) is 48.1 Å². The molecule has 1 saturated carbocycles. The molecule has 2 rings (SSSR count). The Kier molecular flexibility index (Phi) is 3.61. The molecule has 2 N–H and O–H groups in total. The number of hydrogen-bond acceptors (Lipinski definition) is 3. The lowest BCUT2D eigenvalue weighted by Gasteiger charge is -2.26. The highest BCUT2D eigenvalue weighted by Gasteiger charge is 2.22. The van der Waals surface area contributed by atoms with E-state index in [1.807, 2.05) is 0 Å². The van der Waals surface area contributed by atoms with Gasteiger partial charge in [0, 0.05) is 12.2 Å². The van der Waals surface area contributed by atoms with Crippen LogP contribution in [0.4, 0.5) is 4.39 Å². The van der Waals surface area contributed by atoms with Crippen molar-refractivity contribution in [2.75, 3.05) is 0 Å². The van der Waals surface area contributed by atoms with Gasteiger partial charge in [0.15, 0.2) is 5.82 Å². The third-order valence-electron chi connectivity index (χ3n) is 2.72. The first-order valence-electron chi connectivity index (χ1n) is 5.38. The summed E-state index contributed by atoms with van der Waals surface area (Å²) in [5, 5.41) is 0.269. The van der Waals surface area contributed by atoms with Gasteiger partial charge in [0.25, 0.3) is 5.88 Å². The minimum atomic E-state index is -0.522. The summed E-state index contributed by atoms with van der Waals surface area (Å²) in [5.74, 6) is -0.504. The fraction of sp³-hybridized carbons (Fsp3) is 0.545. The number of hydrogen-bond donors (Lipinski definition) is 1. The van der Waals surface area contributed by atoms with Gasteiger partial charge in [-0.25, -0.2) is 9.37 Å².